The fourth-order valence-corrected chi connectivity index (χ4v) is 4.22. The lowest BCUT2D eigenvalue weighted by atomic mass is 9.96. The number of amides is 1. The molecule has 0 aromatic heterocycles. The summed E-state index contributed by atoms with van der Waals surface area (Å²) in [5.74, 6) is 0.162. The van der Waals surface area contributed by atoms with Crippen LogP contribution in [0.15, 0.2) is 4.99 Å². The lowest BCUT2D eigenvalue weighted by Crippen LogP contribution is -2.46. The van der Waals surface area contributed by atoms with Gasteiger partial charge in [-0.1, -0.05) is 18.2 Å². The van der Waals surface area contributed by atoms with E-state index in [0.29, 0.717) is 23.6 Å². The quantitative estimate of drug-likeness (QED) is 0.807. The van der Waals surface area contributed by atoms with Gasteiger partial charge < -0.3 is 5.32 Å². The standard InChI is InChI=1S/C12H15F3N2OS/c1-11(12(13,14)15)9(18)17-10(19-11)16-8-5-6-2-3-7(8)4-6/h6-8H,2-5H2,1H3,(H,16,17,18)/t6?,7-,8?,11+/m0/s1. The monoisotopic (exact) mass is 292 g/mol. The Morgan fingerprint density at radius 3 is 2.58 bits per heavy atom. The van der Waals surface area contributed by atoms with Crippen molar-refractivity contribution in [1.29, 1.82) is 0 Å². The van der Waals surface area contributed by atoms with Gasteiger partial charge in [0.15, 0.2) is 9.91 Å². The van der Waals surface area contributed by atoms with E-state index in [9.17, 15) is 18.0 Å². The van der Waals surface area contributed by atoms with Gasteiger partial charge in [0.05, 0.1) is 6.04 Å². The Labute approximate surface area is 113 Å². The number of rotatable bonds is 1. The first-order valence-corrected chi connectivity index (χ1v) is 7.26. The molecule has 0 aromatic carbocycles. The molecule has 3 nitrogen and oxygen atoms in total. The maximum Gasteiger partial charge on any atom is 0.412 e. The summed E-state index contributed by atoms with van der Waals surface area (Å²) in [7, 11) is 0. The van der Waals surface area contributed by atoms with Gasteiger partial charge in [-0.3, -0.25) is 9.79 Å². The van der Waals surface area contributed by atoms with Gasteiger partial charge in [0.2, 0.25) is 0 Å². The molecule has 7 heteroatoms. The number of halogens is 3. The Balaban J connectivity index is 1.76. The molecule has 2 saturated carbocycles. The van der Waals surface area contributed by atoms with Crippen LogP contribution in [0, 0.1) is 11.8 Å². The summed E-state index contributed by atoms with van der Waals surface area (Å²) < 4.78 is 36.3. The summed E-state index contributed by atoms with van der Waals surface area (Å²) in [5, 5.41) is 2.43. The molecule has 1 amide bonds. The summed E-state index contributed by atoms with van der Waals surface area (Å²) in [6.07, 6.45) is -0.148. The lowest BCUT2D eigenvalue weighted by Gasteiger charge is -2.22. The number of fused-ring (bicyclic) bond motifs is 2. The number of nitrogens with zero attached hydrogens (tertiary/aromatic N) is 1. The molecule has 3 rings (SSSR count). The normalized spacial score (nSPS) is 44.1. The van der Waals surface area contributed by atoms with Crippen molar-refractivity contribution in [3.05, 3.63) is 0 Å². The molecule has 106 valence electrons. The van der Waals surface area contributed by atoms with Gasteiger partial charge >= 0.3 is 6.18 Å². The van der Waals surface area contributed by atoms with Crippen LogP contribution in [0.2, 0.25) is 0 Å². The number of carbonyl (C=O) groups is 1. The average Bonchev–Trinajstić information content (AvgIpc) is 2.94. The van der Waals surface area contributed by atoms with E-state index in [0.717, 1.165) is 26.2 Å². The van der Waals surface area contributed by atoms with E-state index in [1.807, 2.05) is 0 Å². The number of hydrogen-bond acceptors (Lipinski definition) is 3. The molecular weight excluding hydrogens is 277 g/mol. The van der Waals surface area contributed by atoms with Crippen molar-refractivity contribution in [2.45, 2.75) is 49.6 Å². The summed E-state index contributed by atoms with van der Waals surface area (Å²) in [4.78, 5) is 15.9. The molecule has 2 unspecified atom stereocenters. The van der Waals surface area contributed by atoms with Crippen LogP contribution in [-0.2, 0) is 4.79 Å². The molecule has 0 spiro atoms. The Bertz CT molecular complexity index is 451. The number of hydrogen-bond donors (Lipinski definition) is 1. The third kappa shape index (κ3) is 2.06. The topological polar surface area (TPSA) is 41.5 Å². The van der Waals surface area contributed by atoms with Gasteiger partial charge in [-0.05, 0) is 38.0 Å². The Morgan fingerprint density at radius 1 is 1.37 bits per heavy atom. The largest absolute Gasteiger partial charge is 0.412 e. The van der Waals surface area contributed by atoms with Crippen LogP contribution in [0.1, 0.15) is 32.6 Å². The van der Waals surface area contributed by atoms with Crippen molar-refractivity contribution in [3.63, 3.8) is 0 Å². The zero-order valence-corrected chi connectivity index (χ0v) is 11.3. The van der Waals surface area contributed by atoms with E-state index in [2.05, 4.69) is 10.3 Å². The predicted molar refractivity (Wildman–Crippen MR) is 66.9 cm³/mol. The SMILES string of the molecule is C[C@@]1(C(F)(F)F)SC(=NC2CC3CC[C@H]2C3)NC1=O. The first kappa shape index (κ1) is 13.3. The Kier molecular flexibility index (Phi) is 2.89. The second kappa shape index (κ2) is 4.14. The highest BCUT2D eigenvalue weighted by Crippen LogP contribution is 2.48. The van der Waals surface area contributed by atoms with Crippen LogP contribution in [0.5, 0.6) is 0 Å². The minimum absolute atomic E-state index is 0.0946. The third-order valence-corrected chi connectivity index (χ3v) is 5.71. The fourth-order valence-electron chi connectivity index (χ4n) is 3.25. The van der Waals surface area contributed by atoms with Crippen molar-refractivity contribution in [3.8, 4) is 0 Å². The molecule has 19 heavy (non-hydrogen) atoms. The molecule has 1 saturated heterocycles. The van der Waals surface area contributed by atoms with E-state index >= 15 is 0 Å². The van der Waals surface area contributed by atoms with Crippen LogP contribution in [0.4, 0.5) is 13.2 Å². The molecule has 3 aliphatic rings. The van der Waals surface area contributed by atoms with Crippen molar-refractivity contribution < 1.29 is 18.0 Å². The number of carbonyl (C=O) groups excluding carboxylic acids is 1. The Morgan fingerprint density at radius 2 is 2.11 bits per heavy atom. The van der Waals surface area contributed by atoms with E-state index < -0.39 is 16.8 Å². The van der Waals surface area contributed by atoms with Crippen LogP contribution in [0.25, 0.3) is 0 Å². The first-order chi connectivity index (χ1) is 8.79. The molecule has 0 radical (unpaired) electrons. The number of aliphatic imine (C=N–C) groups is 1. The van der Waals surface area contributed by atoms with Gasteiger partial charge in [-0.15, -0.1) is 0 Å². The zero-order chi connectivity index (χ0) is 13.8. The highest BCUT2D eigenvalue weighted by molar-refractivity contribution is 8.16. The first-order valence-electron chi connectivity index (χ1n) is 6.44. The van der Waals surface area contributed by atoms with Gasteiger partial charge in [0.25, 0.3) is 5.91 Å². The highest BCUT2D eigenvalue weighted by Gasteiger charge is 2.62. The van der Waals surface area contributed by atoms with Crippen LogP contribution in [0.3, 0.4) is 0 Å². The molecule has 0 aromatic rings. The molecule has 4 atom stereocenters. The average molecular weight is 292 g/mol. The fraction of sp³-hybridized carbons (Fsp3) is 0.833. The molecule has 1 aliphatic heterocycles. The van der Waals surface area contributed by atoms with Gasteiger partial charge in [-0.25, -0.2) is 0 Å². The number of thioether (sulfide) groups is 1. The van der Waals surface area contributed by atoms with Crippen molar-refractivity contribution in [1.82, 2.24) is 5.32 Å². The van der Waals surface area contributed by atoms with Crippen molar-refractivity contribution >= 4 is 22.8 Å². The van der Waals surface area contributed by atoms with Crippen LogP contribution >= 0.6 is 11.8 Å². The Hall–Kier alpha value is -0.720. The molecule has 1 heterocycles. The summed E-state index contributed by atoms with van der Waals surface area (Å²) in [6, 6.07) is 0.0946. The third-order valence-electron chi connectivity index (χ3n) is 4.48. The van der Waals surface area contributed by atoms with Gasteiger partial charge in [-0.2, -0.15) is 13.2 Å². The minimum atomic E-state index is -4.56. The summed E-state index contributed by atoms with van der Waals surface area (Å²) >= 11 is 0.507. The number of nitrogens with one attached hydrogen (secondary N) is 1. The predicted octanol–water partition coefficient (Wildman–Crippen LogP) is 2.72. The van der Waals surface area contributed by atoms with E-state index in [-0.39, 0.29) is 11.2 Å². The van der Waals surface area contributed by atoms with E-state index in [4.69, 9.17) is 0 Å². The van der Waals surface area contributed by atoms with Gasteiger partial charge in [0.1, 0.15) is 0 Å². The second-order valence-corrected chi connectivity index (χ2v) is 7.17. The summed E-state index contributed by atoms with van der Waals surface area (Å²) in [6.45, 7) is 0.913. The zero-order valence-electron chi connectivity index (χ0n) is 10.5. The second-order valence-electron chi connectivity index (χ2n) is 5.76. The minimum Gasteiger partial charge on any atom is -0.304 e. The number of amidine groups is 1. The maximum atomic E-state index is 12.9. The molecular formula is C12H15F3N2OS. The van der Waals surface area contributed by atoms with Crippen molar-refractivity contribution in [2.75, 3.05) is 0 Å². The molecule has 3 fully saturated rings. The molecule has 2 bridgehead atoms. The van der Waals surface area contributed by atoms with E-state index in [1.165, 1.54) is 6.42 Å². The molecule has 2 aliphatic carbocycles. The van der Waals surface area contributed by atoms with Crippen LogP contribution in [-0.4, -0.2) is 28.0 Å². The van der Waals surface area contributed by atoms with Crippen molar-refractivity contribution in [2.24, 2.45) is 16.8 Å². The summed E-state index contributed by atoms with van der Waals surface area (Å²) in [5.41, 5.74) is 0. The lowest BCUT2D eigenvalue weighted by molar-refractivity contribution is -0.166. The van der Waals surface area contributed by atoms with Crippen LogP contribution < -0.4 is 5.32 Å². The number of alkyl halides is 3. The smallest absolute Gasteiger partial charge is 0.304 e. The van der Waals surface area contributed by atoms with E-state index in [1.54, 1.807) is 0 Å². The molecule has 1 N–H and O–H groups in total. The highest BCUT2D eigenvalue weighted by atomic mass is 32.2. The maximum absolute atomic E-state index is 12.9. The van der Waals surface area contributed by atoms with Gasteiger partial charge in [0, 0.05) is 0 Å².